The minimum Gasteiger partial charge on any atom is -0.300 e. The molecule has 0 radical (unpaired) electrons. The van der Waals surface area contributed by atoms with Crippen LogP contribution < -0.4 is 0 Å². The second-order valence-corrected chi connectivity index (χ2v) is 5.27. The normalized spacial score (nSPS) is 40.3. The largest absolute Gasteiger partial charge is 0.300 e. The van der Waals surface area contributed by atoms with Gasteiger partial charge in [0.05, 0.1) is 0 Å². The molecule has 2 bridgehead atoms. The zero-order valence-corrected chi connectivity index (χ0v) is 9.84. The molecule has 0 saturated carbocycles. The van der Waals surface area contributed by atoms with E-state index in [1.807, 2.05) is 0 Å². The van der Waals surface area contributed by atoms with Gasteiger partial charge in [-0.25, -0.2) is 0 Å². The van der Waals surface area contributed by atoms with E-state index in [4.69, 9.17) is 0 Å². The lowest BCUT2D eigenvalue weighted by Crippen LogP contribution is -2.40. The molecule has 2 rings (SSSR count). The number of hydrogen-bond acceptors (Lipinski definition) is 1. The average Bonchev–Trinajstić information content (AvgIpc) is 2.47. The molecule has 14 heavy (non-hydrogen) atoms. The van der Waals surface area contributed by atoms with Gasteiger partial charge in [0.2, 0.25) is 0 Å². The SMILES string of the molecule is CC[C@H]1CCC[C@H]2CCCC[C@H]1N2C. The van der Waals surface area contributed by atoms with Crippen LogP contribution in [-0.4, -0.2) is 24.0 Å². The number of nitrogens with zero attached hydrogens (tertiary/aromatic N) is 1. The number of fused-ring (bicyclic) bond motifs is 2. The first kappa shape index (κ1) is 10.5. The summed E-state index contributed by atoms with van der Waals surface area (Å²) in [4.78, 5) is 2.73. The van der Waals surface area contributed by atoms with Gasteiger partial charge in [-0.1, -0.05) is 32.6 Å². The topological polar surface area (TPSA) is 3.24 Å². The second-order valence-electron chi connectivity index (χ2n) is 5.27. The van der Waals surface area contributed by atoms with E-state index in [1.54, 1.807) is 0 Å². The van der Waals surface area contributed by atoms with Gasteiger partial charge in [0.25, 0.3) is 0 Å². The first-order chi connectivity index (χ1) is 6.83. The third-order valence-corrected chi connectivity index (χ3v) is 4.57. The van der Waals surface area contributed by atoms with Crippen molar-refractivity contribution in [2.24, 2.45) is 5.92 Å². The van der Waals surface area contributed by atoms with Crippen molar-refractivity contribution in [1.29, 1.82) is 0 Å². The molecule has 0 amide bonds. The van der Waals surface area contributed by atoms with E-state index < -0.39 is 0 Å². The smallest absolute Gasteiger partial charge is 0.0123 e. The van der Waals surface area contributed by atoms with E-state index in [9.17, 15) is 0 Å². The van der Waals surface area contributed by atoms with Crippen molar-refractivity contribution in [2.75, 3.05) is 7.05 Å². The standard InChI is InChI=1S/C13H25N/c1-3-11-7-6-9-12-8-4-5-10-13(11)14(12)2/h11-13H,3-10H2,1-2H3/t11-,12+,13+/m0/s1. The van der Waals surface area contributed by atoms with Crippen molar-refractivity contribution in [2.45, 2.75) is 70.4 Å². The zero-order valence-electron chi connectivity index (χ0n) is 9.84. The minimum atomic E-state index is 0.912. The Bertz CT molecular complexity index is 178. The van der Waals surface area contributed by atoms with Gasteiger partial charge in [-0.2, -0.15) is 0 Å². The molecule has 2 fully saturated rings. The molecule has 82 valence electrons. The fourth-order valence-corrected chi connectivity index (χ4v) is 3.61. The van der Waals surface area contributed by atoms with Crippen LogP contribution in [0.4, 0.5) is 0 Å². The van der Waals surface area contributed by atoms with Crippen LogP contribution in [-0.2, 0) is 0 Å². The monoisotopic (exact) mass is 195 g/mol. The fraction of sp³-hybridized carbons (Fsp3) is 1.00. The maximum absolute atomic E-state index is 2.73. The Kier molecular flexibility index (Phi) is 3.48. The van der Waals surface area contributed by atoms with Crippen molar-refractivity contribution in [3.8, 4) is 0 Å². The first-order valence-electron chi connectivity index (χ1n) is 6.55. The van der Waals surface area contributed by atoms with Crippen LogP contribution in [0.5, 0.6) is 0 Å². The highest BCUT2D eigenvalue weighted by molar-refractivity contribution is 4.87. The van der Waals surface area contributed by atoms with Crippen molar-refractivity contribution in [3.63, 3.8) is 0 Å². The van der Waals surface area contributed by atoms with E-state index in [0.29, 0.717) is 0 Å². The highest BCUT2D eigenvalue weighted by Crippen LogP contribution is 2.34. The minimum absolute atomic E-state index is 0.912. The second kappa shape index (κ2) is 4.65. The molecule has 2 saturated heterocycles. The molecule has 3 atom stereocenters. The highest BCUT2D eigenvalue weighted by atomic mass is 15.2. The van der Waals surface area contributed by atoms with E-state index in [2.05, 4.69) is 18.9 Å². The molecule has 2 aliphatic rings. The summed E-state index contributed by atoms with van der Waals surface area (Å²) in [6.07, 6.45) is 11.7. The lowest BCUT2D eigenvalue weighted by atomic mass is 9.89. The third kappa shape index (κ3) is 1.98. The maximum atomic E-state index is 2.73. The van der Waals surface area contributed by atoms with Gasteiger partial charge >= 0.3 is 0 Å². The molecule has 0 aromatic carbocycles. The Morgan fingerprint density at radius 3 is 2.50 bits per heavy atom. The van der Waals surface area contributed by atoms with E-state index in [0.717, 1.165) is 18.0 Å². The molecule has 0 aromatic rings. The van der Waals surface area contributed by atoms with Crippen molar-refractivity contribution >= 4 is 0 Å². The molecule has 0 spiro atoms. The van der Waals surface area contributed by atoms with Gasteiger partial charge in [-0.05, 0) is 38.6 Å². The van der Waals surface area contributed by atoms with Gasteiger partial charge in [0.1, 0.15) is 0 Å². The van der Waals surface area contributed by atoms with Gasteiger partial charge < -0.3 is 4.90 Å². The zero-order chi connectivity index (χ0) is 9.97. The Hall–Kier alpha value is -0.0400. The quantitative estimate of drug-likeness (QED) is 0.619. The molecule has 2 heterocycles. The first-order valence-corrected chi connectivity index (χ1v) is 6.55. The molecule has 2 aliphatic heterocycles. The highest BCUT2D eigenvalue weighted by Gasteiger charge is 2.32. The summed E-state index contributed by atoms with van der Waals surface area (Å²) >= 11 is 0. The van der Waals surface area contributed by atoms with Crippen LogP contribution in [0.1, 0.15) is 58.3 Å². The predicted molar refractivity (Wildman–Crippen MR) is 61.4 cm³/mol. The third-order valence-electron chi connectivity index (χ3n) is 4.57. The van der Waals surface area contributed by atoms with Gasteiger partial charge in [-0.15, -0.1) is 0 Å². The van der Waals surface area contributed by atoms with Gasteiger partial charge in [-0.3, -0.25) is 0 Å². The van der Waals surface area contributed by atoms with Crippen LogP contribution in [0, 0.1) is 5.92 Å². The summed E-state index contributed by atoms with van der Waals surface area (Å²) in [7, 11) is 2.38. The van der Waals surface area contributed by atoms with Gasteiger partial charge in [0.15, 0.2) is 0 Å². The van der Waals surface area contributed by atoms with Crippen LogP contribution in [0.15, 0.2) is 0 Å². The van der Waals surface area contributed by atoms with Crippen molar-refractivity contribution < 1.29 is 0 Å². The molecular weight excluding hydrogens is 170 g/mol. The Morgan fingerprint density at radius 2 is 1.71 bits per heavy atom. The molecule has 0 unspecified atom stereocenters. The maximum Gasteiger partial charge on any atom is 0.0123 e. The number of rotatable bonds is 1. The molecular formula is C13H25N. The Labute approximate surface area is 88.9 Å². The average molecular weight is 195 g/mol. The van der Waals surface area contributed by atoms with E-state index in [1.165, 1.54) is 51.4 Å². The Balaban J connectivity index is 2.12. The Morgan fingerprint density at radius 1 is 1.00 bits per heavy atom. The molecule has 0 aliphatic carbocycles. The van der Waals surface area contributed by atoms with Gasteiger partial charge in [0, 0.05) is 12.1 Å². The lowest BCUT2D eigenvalue weighted by Gasteiger charge is -2.34. The van der Waals surface area contributed by atoms with Crippen LogP contribution in [0.2, 0.25) is 0 Å². The fourth-order valence-electron chi connectivity index (χ4n) is 3.61. The van der Waals surface area contributed by atoms with Crippen LogP contribution in [0.3, 0.4) is 0 Å². The lowest BCUT2D eigenvalue weighted by molar-refractivity contribution is 0.138. The molecule has 1 nitrogen and oxygen atoms in total. The summed E-state index contributed by atoms with van der Waals surface area (Å²) in [6.45, 7) is 2.38. The van der Waals surface area contributed by atoms with E-state index in [-0.39, 0.29) is 0 Å². The summed E-state index contributed by atoms with van der Waals surface area (Å²) in [5, 5.41) is 0. The van der Waals surface area contributed by atoms with Crippen molar-refractivity contribution in [1.82, 2.24) is 4.90 Å². The van der Waals surface area contributed by atoms with Crippen molar-refractivity contribution in [3.05, 3.63) is 0 Å². The summed E-state index contributed by atoms with van der Waals surface area (Å²) in [6, 6.07) is 1.83. The summed E-state index contributed by atoms with van der Waals surface area (Å²) in [5.74, 6) is 0.989. The molecule has 0 N–H and O–H groups in total. The number of hydrogen-bond donors (Lipinski definition) is 0. The molecule has 1 heteroatoms. The van der Waals surface area contributed by atoms with Crippen LogP contribution >= 0.6 is 0 Å². The van der Waals surface area contributed by atoms with Crippen LogP contribution in [0.25, 0.3) is 0 Å². The summed E-state index contributed by atoms with van der Waals surface area (Å²) in [5.41, 5.74) is 0. The summed E-state index contributed by atoms with van der Waals surface area (Å²) < 4.78 is 0. The van der Waals surface area contributed by atoms with E-state index >= 15 is 0 Å². The molecule has 0 aromatic heterocycles. The predicted octanol–water partition coefficient (Wildman–Crippen LogP) is 3.44.